The lowest BCUT2D eigenvalue weighted by Gasteiger charge is -2.14. The fraction of sp³-hybridized carbons (Fsp3) is 0.217. The van der Waals surface area contributed by atoms with Crippen molar-refractivity contribution in [2.45, 2.75) is 25.7 Å². The second kappa shape index (κ2) is 9.81. The van der Waals surface area contributed by atoms with Crippen LogP contribution in [0.4, 0.5) is 5.00 Å². The number of benzene rings is 1. The molecule has 0 saturated carbocycles. The molecule has 9 heteroatoms. The number of anilines is 1. The molecule has 1 fully saturated rings. The number of aryl methyl sites for hydroxylation is 1. The maximum absolute atomic E-state index is 12.7. The molecule has 1 aliphatic carbocycles. The van der Waals surface area contributed by atoms with E-state index < -0.39 is 11.8 Å². The number of amides is 3. The lowest BCUT2D eigenvalue weighted by molar-refractivity contribution is -0.126. The van der Waals surface area contributed by atoms with Crippen molar-refractivity contribution in [1.82, 2.24) is 4.90 Å². The second-order valence-electron chi connectivity index (χ2n) is 7.39. The molecule has 0 atom stereocenters. The normalized spacial score (nSPS) is 17.2. The molecule has 3 amide bonds. The number of thioether (sulfide) groups is 1. The number of allylic oxidation sites excluding steroid dienone is 2. The molecule has 1 saturated heterocycles. The summed E-state index contributed by atoms with van der Waals surface area (Å²) in [5, 5.41) is 3.24. The minimum atomic E-state index is -0.543. The number of carbonyl (C=O) groups is 3. The number of nitrogens with two attached hydrogens (primary N) is 1. The number of nitrogens with zero attached hydrogens (tertiary/aromatic N) is 1. The smallest absolute Gasteiger partial charge is 0.266 e. The van der Waals surface area contributed by atoms with Crippen molar-refractivity contribution in [1.29, 1.82) is 0 Å². The molecule has 2 aromatic rings. The predicted molar refractivity (Wildman–Crippen MR) is 134 cm³/mol. The molecule has 1 aromatic heterocycles. The van der Waals surface area contributed by atoms with Crippen LogP contribution in [0.15, 0.2) is 47.4 Å². The Morgan fingerprint density at radius 2 is 1.94 bits per heavy atom. The van der Waals surface area contributed by atoms with Gasteiger partial charge in [0.25, 0.3) is 11.8 Å². The van der Waals surface area contributed by atoms with E-state index in [9.17, 15) is 14.4 Å². The lowest BCUT2D eigenvalue weighted by atomic mass is 9.95. The first-order valence-corrected chi connectivity index (χ1v) is 12.2. The van der Waals surface area contributed by atoms with Crippen LogP contribution in [-0.4, -0.2) is 33.5 Å². The van der Waals surface area contributed by atoms with Gasteiger partial charge in [0.1, 0.15) is 15.9 Å². The maximum Gasteiger partial charge on any atom is 0.266 e. The Hall–Kier alpha value is -2.75. The van der Waals surface area contributed by atoms with Crippen molar-refractivity contribution in [3.8, 4) is 0 Å². The van der Waals surface area contributed by atoms with Gasteiger partial charge in [0.05, 0.1) is 10.5 Å². The van der Waals surface area contributed by atoms with Gasteiger partial charge in [-0.25, -0.2) is 0 Å². The third-order valence-corrected chi connectivity index (χ3v) is 7.79. The summed E-state index contributed by atoms with van der Waals surface area (Å²) in [6.07, 6.45) is 9.10. The summed E-state index contributed by atoms with van der Waals surface area (Å²) in [4.78, 5) is 40.3. The number of thiocarbonyl (C=S) groups is 1. The largest absolute Gasteiger partial charge is 0.365 e. The molecule has 32 heavy (non-hydrogen) atoms. The van der Waals surface area contributed by atoms with Gasteiger partial charge in [-0.3, -0.25) is 19.3 Å². The molecule has 2 aliphatic rings. The number of fused-ring (bicyclic) bond motifs is 1. The van der Waals surface area contributed by atoms with Gasteiger partial charge in [-0.05, 0) is 42.9 Å². The molecular weight excluding hydrogens is 462 g/mol. The summed E-state index contributed by atoms with van der Waals surface area (Å²) in [5.74, 6) is -1.27. The Labute approximate surface area is 199 Å². The second-order valence-corrected chi connectivity index (χ2v) is 10.2. The highest BCUT2D eigenvalue weighted by Crippen LogP contribution is 2.38. The highest BCUT2D eigenvalue weighted by molar-refractivity contribution is 8.26. The monoisotopic (exact) mass is 483 g/mol. The summed E-state index contributed by atoms with van der Waals surface area (Å²) in [6, 6.07) is 9.73. The Kier molecular flexibility index (Phi) is 6.88. The predicted octanol–water partition coefficient (Wildman–Crippen LogP) is 4.12. The molecule has 2 heterocycles. The van der Waals surface area contributed by atoms with Gasteiger partial charge in [0.15, 0.2) is 0 Å². The van der Waals surface area contributed by atoms with E-state index in [2.05, 4.69) is 5.32 Å². The molecule has 1 aromatic carbocycles. The van der Waals surface area contributed by atoms with Crippen molar-refractivity contribution in [2.24, 2.45) is 5.73 Å². The third kappa shape index (κ3) is 4.85. The minimum Gasteiger partial charge on any atom is -0.365 e. The van der Waals surface area contributed by atoms with Crippen LogP contribution in [0.5, 0.6) is 0 Å². The van der Waals surface area contributed by atoms with E-state index in [-0.39, 0.29) is 12.5 Å². The molecule has 3 N–H and O–H groups in total. The van der Waals surface area contributed by atoms with Crippen LogP contribution in [0.2, 0.25) is 0 Å². The van der Waals surface area contributed by atoms with Crippen LogP contribution in [0, 0.1) is 0 Å². The molecule has 1 aliphatic heterocycles. The first-order chi connectivity index (χ1) is 15.4. The Balaban J connectivity index is 1.44. The van der Waals surface area contributed by atoms with Gasteiger partial charge in [-0.2, -0.15) is 0 Å². The van der Waals surface area contributed by atoms with E-state index >= 15 is 0 Å². The number of nitrogens with one attached hydrogen (secondary N) is 1. The topological polar surface area (TPSA) is 92.5 Å². The van der Waals surface area contributed by atoms with E-state index in [1.807, 2.05) is 36.4 Å². The van der Waals surface area contributed by atoms with Crippen molar-refractivity contribution in [3.63, 3.8) is 0 Å². The average molecular weight is 484 g/mol. The zero-order valence-corrected chi connectivity index (χ0v) is 19.6. The number of primary amides is 1. The van der Waals surface area contributed by atoms with E-state index in [0.717, 1.165) is 53.4 Å². The zero-order valence-electron chi connectivity index (χ0n) is 17.1. The first kappa shape index (κ1) is 22.4. The zero-order chi connectivity index (χ0) is 22.7. The SMILES string of the molecule is NC(=O)c1c(NC(=O)CN2C(=O)/C(=C/C=C/c3ccccc3)SC2=S)sc2c1CCCC2. The summed E-state index contributed by atoms with van der Waals surface area (Å²) >= 11 is 7.87. The van der Waals surface area contributed by atoms with Crippen LogP contribution in [0.3, 0.4) is 0 Å². The van der Waals surface area contributed by atoms with Crippen molar-refractivity contribution >= 4 is 68.4 Å². The van der Waals surface area contributed by atoms with Gasteiger partial charge < -0.3 is 11.1 Å². The highest BCUT2D eigenvalue weighted by Gasteiger charge is 2.33. The number of thiophene rings is 1. The summed E-state index contributed by atoms with van der Waals surface area (Å²) in [5.41, 5.74) is 7.95. The summed E-state index contributed by atoms with van der Waals surface area (Å²) in [6.45, 7) is -0.217. The number of rotatable bonds is 6. The average Bonchev–Trinajstić information content (AvgIpc) is 3.26. The molecule has 6 nitrogen and oxygen atoms in total. The van der Waals surface area contributed by atoms with Crippen LogP contribution < -0.4 is 11.1 Å². The molecule has 0 radical (unpaired) electrons. The molecule has 164 valence electrons. The maximum atomic E-state index is 12.7. The van der Waals surface area contributed by atoms with Crippen molar-refractivity contribution < 1.29 is 14.4 Å². The Morgan fingerprint density at radius 1 is 1.19 bits per heavy atom. The summed E-state index contributed by atoms with van der Waals surface area (Å²) < 4.78 is 0.324. The lowest BCUT2D eigenvalue weighted by Crippen LogP contribution is -2.36. The fourth-order valence-electron chi connectivity index (χ4n) is 3.69. The molecular formula is C23H21N3O3S3. The van der Waals surface area contributed by atoms with Crippen LogP contribution in [0.1, 0.15) is 39.2 Å². The van der Waals surface area contributed by atoms with E-state index in [4.69, 9.17) is 18.0 Å². The van der Waals surface area contributed by atoms with Gasteiger partial charge >= 0.3 is 0 Å². The highest BCUT2D eigenvalue weighted by atomic mass is 32.2. The third-order valence-electron chi connectivity index (χ3n) is 5.18. The van der Waals surface area contributed by atoms with Gasteiger partial charge in [0, 0.05) is 4.88 Å². The van der Waals surface area contributed by atoms with Gasteiger partial charge in [-0.1, -0.05) is 66.5 Å². The number of hydrogen-bond donors (Lipinski definition) is 2. The van der Waals surface area contributed by atoms with Crippen molar-refractivity contribution in [3.05, 3.63) is 69.0 Å². The van der Waals surface area contributed by atoms with Crippen LogP contribution >= 0.6 is 35.3 Å². The van der Waals surface area contributed by atoms with Gasteiger partial charge in [0.2, 0.25) is 5.91 Å². The standard InChI is InChI=1S/C23H21N3O3S3/c24-20(28)19-15-10-4-5-11-16(15)31-21(19)25-18(27)13-26-22(29)17(32-23(26)30)12-6-9-14-7-2-1-3-8-14/h1-3,6-9,12H,4-5,10-11,13H2,(H2,24,28)(H,25,27)/b9-6+,17-12-. The van der Waals surface area contributed by atoms with Crippen LogP contribution in [0.25, 0.3) is 6.08 Å². The van der Waals surface area contributed by atoms with E-state index in [1.165, 1.54) is 16.2 Å². The van der Waals surface area contributed by atoms with E-state index in [0.29, 0.717) is 19.8 Å². The first-order valence-electron chi connectivity index (χ1n) is 10.2. The molecule has 4 rings (SSSR count). The number of hydrogen-bond acceptors (Lipinski definition) is 6. The van der Waals surface area contributed by atoms with Crippen LogP contribution in [-0.2, 0) is 22.4 Å². The summed E-state index contributed by atoms with van der Waals surface area (Å²) in [7, 11) is 0. The molecule has 0 unspecified atom stereocenters. The number of carbonyl (C=O) groups excluding carboxylic acids is 3. The van der Waals surface area contributed by atoms with Gasteiger partial charge in [-0.15, -0.1) is 11.3 Å². The van der Waals surface area contributed by atoms with E-state index in [1.54, 1.807) is 12.2 Å². The van der Waals surface area contributed by atoms with Crippen molar-refractivity contribution in [2.75, 3.05) is 11.9 Å². The Morgan fingerprint density at radius 3 is 2.69 bits per heavy atom. The Bertz CT molecular complexity index is 1150. The molecule has 0 bridgehead atoms. The minimum absolute atomic E-state index is 0.217. The quantitative estimate of drug-likeness (QED) is 0.476. The fourth-order valence-corrected chi connectivity index (χ4v) is 6.20. The molecule has 0 spiro atoms.